The van der Waals surface area contributed by atoms with Gasteiger partial charge in [-0.2, -0.15) is 0 Å². The molecule has 39 heavy (non-hydrogen) atoms. The van der Waals surface area contributed by atoms with Gasteiger partial charge in [-0.15, -0.1) is 0 Å². The van der Waals surface area contributed by atoms with Gasteiger partial charge in [0.15, 0.2) is 0 Å². The summed E-state index contributed by atoms with van der Waals surface area (Å²) in [6.45, 7) is 6.76. The predicted octanol–water partition coefficient (Wildman–Crippen LogP) is 6.28. The quantitative estimate of drug-likeness (QED) is 0.181. The van der Waals surface area contributed by atoms with Crippen molar-refractivity contribution in [1.82, 2.24) is 9.47 Å². The van der Waals surface area contributed by atoms with Crippen LogP contribution in [-0.4, -0.2) is 40.5 Å². The summed E-state index contributed by atoms with van der Waals surface area (Å²) in [5, 5.41) is 0.889. The summed E-state index contributed by atoms with van der Waals surface area (Å²) >= 11 is 0. The number of likely N-dealkylation sites (N-methyl/N-ethyl adjacent to an activating group) is 1. The zero-order chi connectivity index (χ0) is 27.8. The topological polar surface area (TPSA) is 60.8 Å². The maximum absolute atomic E-state index is 13.1. The molecule has 0 N–H and O–H groups in total. The van der Waals surface area contributed by atoms with Crippen LogP contribution in [0.25, 0.3) is 17.0 Å². The maximum Gasteiger partial charge on any atom is 0.331 e. The third-order valence-corrected chi connectivity index (χ3v) is 6.25. The second-order valence-electron chi connectivity index (χ2n) is 10.6. The van der Waals surface area contributed by atoms with Crippen molar-refractivity contribution in [3.63, 3.8) is 0 Å². The molecule has 0 unspecified atom stereocenters. The number of esters is 1. The lowest BCUT2D eigenvalue weighted by Crippen LogP contribution is -2.31. The van der Waals surface area contributed by atoms with Crippen molar-refractivity contribution in [3.05, 3.63) is 108 Å². The minimum atomic E-state index is -0.579. The average molecular weight is 525 g/mol. The second kappa shape index (κ2) is 12.5. The van der Waals surface area contributed by atoms with Gasteiger partial charge in [0, 0.05) is 42.3 Å². The van der Waals surface area contributed by atoms with Crippen LogP contribution in [0.4, 0.5) is 0 Å². The number of rotatable bonds is 10. The molecule has 4 rings (SSSR count). The van der Waals surface area contributed by atoms with Crippen LogP contribution >= 0.6 is 0 Å². The van der Waals surface area contributed by atoms with Crippen LogP contribution in [0, 0.1) is 0 Å². The molecule has 0 aliphatic rings. The largest absolute Gasteiger partial charge is 0.489 e. The molecule has 6 heteroatoms. The number of amides is 1. The molecule has 0 fully saturated rings. The molecule has 6 nitrogen and oxygen atoms in total. The fraction of sp³-hybridized carbons (Fsp3) is 0.273. The Morgan fingerprint density at radius 1 is 0.923 bits per heavy atom. The highest BCUT2D eigenvalue weighted by Gasteiger charge is 2.16. The van der Waals surface area contributed by atoms with Crippen LogP contribution < -0.4 is 4.74 Å². The number of hydrogen-bond donors (Lipinski definition) is 0. The third-order valence-electron chi connectivity index (χ3n) is 6.25. The molecule has 3 aromatic carbocycles. The summed E-state index contributed by atoms with van der Waals surface area (Å²) in [6, 6.07) is 25.9. The molecule has 4 aromatic rings. The third kappa shape index (κ3) is 8.08. The van der Waals surface area contributed by atoms with Gasteiger partial charge in [0.25, 0.3) is 0 Å². The Labute approximate surface area is 230 Å². The fourth-order valence-corrected chi connectivity index (χ4v) is 4.22. The minimum Gasteiger partial charge on any atom is -0.489 e. The van der Waals surface area contributed by atoms with Gasteiger partial charge in [0.1, 0.15) is 24.5 Å². The molecule has 1 amide bonds. The molecule has 1 heterocycles. The van der Waals surface area contributed by atoms with Crippen LogP contribution in [0.1, 0.15) is 37.5 Å². The highest BCUT2D eigenvalue weighted by molar-refractivity contribution is 5.95. The van der Waals surface area contributed by atoms with Gasteiger partial charge in [-0.3, -0.25) is 4.79 Å². The Hall–Kier alpha value is -4.32. The van der Waals surface area contributed by atoms with Crippen molar-refractivity contribution < 1.29 is 19.1 Å². The SMILES string of the molecule is CN(CCc1ccccc1)C(=O)Cn1cc(C=CC(=O)OC(C)(C)C)c2cc(OCc3ccccc3)ccc21. The number of benzene rings is 3. The van der Waals surface area contributed by atoms with E-state index in [1.165, 1.54) is 11.6 Å². The van der Waals surface area contributed by atoms with E-state index in [1.54, 1.807) is 11.0 Å². The van der Waals surface area contributed by atoms with Crippen LogP contribution in [0.3, 0.4) is 0 Å². The maximum atomic E-state index is 13.1. The van der Waals surface area contributed by atoms with E-state index in [-0.39, 0.29) is 12.5 Å². The number of carbonyl (C=O) groups is 2. The molecular formula is C33H36N2O4. The number of aromatic nitrogens is 1. The first-order valence-electron chi connectivity index (χ1n) is 13.2. The number of carbonyl (C=O) groups excluding carboxylic acids is 2. The van der Waals surface area contributed by atoms with E-state index in [9.17, 15) is 9.59 Å². The van der Waals surface area contributed by atoms with E-state index in [2.05, 4.69) is 12.1 Å². The Morgan fingerprint density at radius 2 is 1.59 bits per heavy atom. The summed E-state index contributed by atoms with van der Waals surface area (Å²) in [5.41, 5.74) is 3.38. The highest BCUT2D eigenvalue weighted by atomic mass is 16.6. The second-order valence-corrected chi connectivity index (χ2v) is 10.6. The Kier molecular flexibility index (Phi) is 8.87. The van der Waals surface area contributed by atoms with E-state index in [0.29, 0.717) is 18.9 Å². The first-order chi connectivity index (χ1) is 18.7. The lowest BCUT2D eigenvalue weighted by atomic mass is 10.1. The van der Waals surface area contributed by atoms with Crippen LogP contribution in [0.2, 0.25) is 0 Å². The summed E-state index contributed by atoms with van der Waals surface area (Å²) in [4.78, 5) is 27.2. The van der Waals surface area contributed by atoms with E-state index in [1.807, 2.05) is 105 Å². The number of ether oxygens (including phenoxy) is 2. The van der Waals surface area contributed by atoms with Crippen molar-refractivity contribution in [1.29, 1.82) is 0 Å². The van der Waals surface area contributed by atoms with Gasteiger partial charge < -0.3 is 18.9 Å². The molecule has 0 aliphatic carbocycles. The first-order valence-corrected chi connectivity index (χ1v) is 13.2. The van der Waals surface area contributed by atoms with Gasteiger partial charge >= 0.3 is 5.97 Å². The van der Waals surface area contributed by atoms with Gasteiger partial charge in [-0.05, 0) is 62.6 Å². The Morgan fingerprint density at radius 3 is 2.26 bits per heavy atom. The molecule has 0 spiro atoms. The molecule has 0 radical (unpaired) electrons. The van der Waals surface area contributed by atoms with Gasteiger partial charge in [-0.25, -0.2) is 4.79 Å². The zero-order valence-electron chi connectivity index (χ0n) is 23.1. The molecule has 0 bridgehead atoms. The molecule has 0 aliphatic heterocycles. The molecule has 0 saturated carbocycles. The zero-order valence-corrected chi connectivity index (χ0v) is 23.1. The Balaban J connectivity index is 1.55. The average Bonchev–Trinajstić information content (AvgIpc) is 3.26. The summed E-state index contributed by atoms with van der Waals surface area (Å²) in [6.07, 6.45) is 5.85. The van der Waals surface area contributed by atoms with Crippen molar-refractivity contribution in [2.75, 3.05) is 13.6 Å². The lowest BCUT2D eigenvalue weighted by Gasteiger charge is -2.18. The van der Waals surface area contributed by atoms with Gasteiger partial charge in [0.2, 0.25) is 5.91 Å². The number of fused-ring (bicyclic) bond motifs is 1. The molecule has 0 saturated heterocycles. The Bertz CT molecular complexity index is 1430. The van der Waals surface area contributed by atoms with Crippen molar-refractivity contribution >= 4 is 28.9 Å². The smallest absolute Gasteiger partial charge is 0.331 e. The van der Waals surface area contributed by atoms with E-state index in [4.69, 9.17) is 9.47 Å². The standard InChI is InChI=1S/C33H36N2O4/c1-33(2,3)39-32(37)18-15-27-22-35(23-31(36)34(4)20-19-25-11-7-5-8-12-25)30-17-16-28(21-29(27)30)38-24-26-13-9-6-10-14-26/h5-18,21-22H,19-20,23-24H2,1-4H3. The number of hydrogen-bond acceptors (Lipinski definition) is 4. The van der Waals surface area contributed by atoms with E-state index in [0.717, 1.165) is 28.5 Å². The fourth-order valence-electron chi connectivity index (χ4n) is 4.22. The van der Waals surface area contributed by atoms with Crippen LogP contribution in [-0.2, 0) is 33.9 Å². The van der Waals surface area contributed by atoms with Gasteiger partial charge in [0.05, 0.1) is 0 Å². The minimum absolute atomic E-state index is 0.00917. The normalized spacial score (nSPS) is 11.6. The molecule has 0 atom stereocenters. The number of nitrogens with zero attached hydrogens (tertiary/aromatic N) is 2. The van der Waals surface area contributed by atoms with Gasteiger partial charge in [-0.1, -0.05) is 60.7 Å². The summed E-state index contributed by atoms with van der Waals surface area (Å²) in [7, 11) is 1.83. The molecular weight excluding hydrogens is 488 g/mol. The first kappa shape index (κ1) is 27.7. The van der Waals surface area contributed by atoms with Crippen LogP contribution in [0.5, 0.6) is 5.75 Å². The predicted molar refractivity (Wildman–Crippen MR) is 155 cm³/mol. The molecule has 202 valence electrons. The highest BCUT2D eigenvalue weighted by Crippen LogP contribution is 2.28. The van der Waals surface area contributed by atoms with Crippen molar-refractivity contribution in [2.45, 2.75) is 45.9 Å². The van der Waals surface area contributed by atoms with E-state index < -0.39 is 11.6 Å². The van der Waals surface area contributed by atoms with Crippen molar-refractivity contribution in [3.8, 4) is 5.75 Å². The molecule has 1 aromatic heterocycles. The summed E-state index contributed by atoms with van der Waals surface area (Å²) < 4.78 is 13.4. The summed E-state index contributed by atoms with van der Waals surface area (Å²) in [5.74, 6) is 0.300. The van der Waals surface area contributed by atoms with Crippen molar-refractivity contribution in [2.24, 2.45) is 0 Å². The van der Waals surface area contributed by atoms with Crippen LogP contribution in [0.15, 0.2) is 91.1 Å². The lowest BCUT2D eigenvalue weighted by molar-refractivity contribution is -0.148. The van der Waals surface area contributed by atoms with E-state index >= 15 is 0 Å². The monoisotopic (exact) mass is 524 g/mol.